The number of aromatic nitrogens is 2. The fourth-order valence-corrected chi connectivity index (χ4v) is 2.61. The van der Waals surface area contributed by atoms with Crippen molar-refractivity contribution in [2.45, 2.75) is 19.8 Å². The summed E-state index contributed by atoms with van der Waals surface area (Å²) in [6.45, 7) is 4.42. The highest BCUT2D eigenvalue weighted by Gasteiger charge is 2.15. The second-order valence-electron chi connectivity index (χ2n) is 5.34. The molecule has 6 heteroatoms. The molecule has 0 spiro atoms. The number of hydrogen-bond donors (Lipinski definition) is 1. The molecule has 3 rings (SSSR count). The number of carbonyl (C=O) groups is 1. The molecule has 23 heavy (non-hydrogen) atoms. The van der Waals surface area contributed by atoms with Crippen LogP contribution in [0.3, 0.4) is 0 Å². The van der Waals surface area contributed by atoms with Crippen molar-refractivity contribution in [3.63, 3.8) is 0 Å². The largest absolute Gasteiger partial charge is 0.477 e. The molecule has 1 saturated heterocycles. The van der Waals surface area contributed by atoms with E-state index in [4.69, 9.17) is 4.74 Å². The molecule has 1 aliphatic heterocycles. The number of rotatable bonds is 5. The quantitative estimate of drug-likeness (QED) is 0.919. The topological polar surface area (TPSA) is 67.3 Å². The van der Waals surface area contributed by atoms with Crippen LogP contribution in [0.1, 0.15) is 30.1 Å². The lowest BCUT2D eigenvalue weighted by Gasteiger charge is -2.16. The molecule has 1 fully saturated rings. The Labute approximate surface area is 135 Å². The van der Waals surface area contributed by atoms with Crippen molar-refractivity contribution in [1.29, 1.82) is 0 Å². The number of nitrogens with one attached hydrogen (secondary N) is 1. The van der Waals surface area contributed by atoms with Gasteiger partial charge in [0.2, 0.25) is 5.88 Å². The smallest absolute Gasteiger partial charge is 0.261 e. The van der Waals surface area contributed by atoms with Crippen LogP contribution < -0.4 is 15.0 Å². The third kappa shape index (κ3) is 3.59. The highest BCUT2D eigenvalue weighted by molar-refractivity contribution is 6.05. The summed E-state index contributed by atoms with van der Waals surface area (Å²) in [6, 6.07) is 7.22. The van der Waals surface area contributed by atoms with Gasteiger partial charge in [0.15, 0.2) is 0 Å². The molecule has 1 aliphatic rings. The van der Waals surface area contributed by atoms with Crippen LogP contribution in [0, 0.1) is 0 Å². The third-order valence-electron chi connectivity index (χ3n) is 3.73. The van der Waals surface area contributed by atoms with E-state index in [9.17, 15) is 4.79 Å². The van der Waals surface area contributed by atoms with Crippen molar-refractivity contribution in [3.05, 3.63) is 42.2 Å². The number of amides is 1. The van der Waals surface area contributed by atoms with Gasteiger partial charge in [-0.2, -0.15) is 0 Å². The van der Waals surface area contributed by atoms with Crippen LogP contribution in [0.4, 0.5) is 11.5 Å². The molecule has 0 unspecified atom stereocenters. The molecule has 0 saturated carbocycles. The first kappa shape index (κ1) is 15.3. The number of hydrogen-bond acceptors (Lipinski definition) is 5. The number of pyridine rings is 2. The number of carbonyl (C=O) groups excluding carboxylic acids is 1. The summed E-state index contributed by atoms with van der Waals surface area (Å²) < 4.78 is 5.39. The van der Waals surface area contributed by atoms with Gasteiger partial charge in [-0.25, -0.2) is 9.97 Å². The molecule has 0 aromatic carbocycles. The van der Waals surface area contributed by atoms with Crippen LogP contribution in [0.5, 0.6) is 5.88 Å². The van der Waals surface area contributed by atoms with Gasteiger partial charge >= 0.3 is 0 Å². The summed E-state index contributed by atoms with van der Waals surface area (Å²) in [4.78, 5) is 23.2. The van der Waals surface area contributed by atoms with Crippen molar-refractivity contribution >= 4 is 17.4 Å². The summed E-state index contributed by atoms with van der Waals surface area (Å²) in [6.07, 6.45) is 5.71. The zero-order chi connectivity index (χ0) is 16.1. The maximum Gasteiger partial charge on any atom is 0.261 e. The van der Waals surface area contributed by atoms with E-state index < -0.39 is 0 Å². The van der Waals surface area contributed by atoms with Crippen LogP contribution in [-0.4, -0.2) is 35.6 Å². The Kier molecular flexibility index (Phi) is 4.71. The van der Waals surface area contributed by atoms with Gasteiger partial charge in [-0.3, -0.25) is 4.79 Å². The van der Waals surface area contributed by atoms with E-state index in [0.717, 1.165) is 18.9 Å². The Balaban J connectivity index is 1.70. The Morgan fingerprint density at radius 1 is 1.26 bits per heavy atom. The Morgan fingerprint density at radius 2 is 2.09 bits per heavy atom. The molecular formula is C17H20N4O2. The van der Waals surface area contributed by atoms with E-state index in [2.05, 4.69) is 20.2 Å². The molecule has 2 aromatic heterocycles. The predicted molar refractivity (Wildman–Crippen MR) is 89.0 cm³/mol. The predicted octanol–water partition coefficient (Wildman–Crippen LogP) is 2.73. The lowest BCUT2D eigenvalue weighted by molar-refractivity contribution is 0.102. The van der Waals surface area contributed by atoms with Crippen molar-refractivity contribution in [2.24, 2.45) is 0 Å². The van der Waals surface area contributed by atoms with Crippen LogP contribution in [-0.2, 0) is 0 Å². The number of nitrogens with zero attached hydrogens (tertiary/aromatic N) is 3. The molecule has 3 heterocycles. The summed E-state index contributed by atoms with van der Waals surface area (Å²) >= 11 is 0. The summed E-state index contributed by atoms with van der Waals surface area (Å²) in [5, 5.41) is 2.83. The Hall–Kier alpha value is -2.63. The van der Waals surface area contributed by atoms with Crippen LogP contribution in [0.25, 0.3) is 0 Å². The van der Waals surface area contributed by atoms with E-state index in [-0.39, 0.29) is 5.91 Å². The molecule has 1 amide bonds. The number of ether oxygens (including phenoxy) is 1. The molecule has 0 aliphatic carbocycles. The fraction of sp³-hybridized carbons (Fsp3) is 0.353. The first-order valence-electron chi connectivity index (χ1n) is 7.88. The van der Waals surface area contributed by atoms with Crippen molar-refractivity contribution < 1.29 is 9.53 Å². The normalized spacial score (nSPS) is 13.9. The maximum absolute atomic E-state index is 12.4. The maximum atomic E-state index is 12.4. The first-order valence-corrected chi connectivity index (χ1v) is 7.88. The summed E-state index contributed by atoms with van der Waals surface area (Å²) in [7, 11) is 0. The average molecular weight is 312 g/mol. The lowest BCUT2D eigenvalue weighted by Crippen LogP contribution is -2.19. The van der Waals surface area contributed by atoms with E-state index in [1.807, 2.05) is 19.1 Å². The summed E-state index contributed by atoms with van der Waals surface area (Å²) in [5.74, 6) is 1.04. The number of anilines is 2. The minimum Gasteiger partial charge on any atom is -0.477 e. The highest BCUT2D eigenvalue weighted by Crippen LogP contribution is 2.20. The second-order valence-corrected chi connectivity index (χ2v) is 5.34. The molecule has 0 radical (unpaired) electrons. The molecule has 2 aromatic rings. The molecule has 0 bridgehead atoms. The fourth-order valence-electron chi connectivity index (χ4n) is 2.61. The van der Waals surface area contributed by atoms with Crippen LogP contribution in [0.15, 0.2) is 36.7 Å². The van der Waals surface area contributed by atoms with Gasteiger partial charge in [-0.05, 0) is 44.0 Å². The highest BCUT2D eigenvalue weighted by atomic mass is 16.5. The van der Waals surface area contributed by atoms with Gasteiger partial charge in [0, 0.05) is 19.3 Å². The van der Waals surface area contributed by atoms with Crippen molar-refractivity contribution in [2.75, 3.05) is 29.9 Å². The van der Waals surface area contributed by atoms with Gasteiger partial charge in [0.1, 0.15) is 11.4 Å². The standard InChI is InChI=1S/C17H20N4O2/c1-2-23-17-14(6-5-9-18-17)16(22)20-13-7-8-15(19-12-13)21-10-3-4-11-21/h5-9,12H,2-4,10-11H2,1H3,(H,20,22). The van der Waals surface area contributed by atoms with E-state index >= 15 is 0 Å². The molecule has 1 N–H and O–H groups in total. The van der Waals surface area contributed by atoms with Crippen LogP contribution in [0.2, 0.25) is 0 Å². The minimum absolute atomic E-state index is 0.253. The molecule has 120 valence electrons. The van der Waals surface area contributed by atoms with Crippen molar-refractivity contribution in [3.8, 4) is 5.88 Å². The second kappa shape index (κ2) is 7.09. The zero-order valence-electron chi connectivity index (χ0n) is 13.2. The van der Waals surface area contributed by atoms with E-state index in [1.54, 1.807) is 24.5 Å². The molecule has 6 nitrogen and oxygen atoms in total. The van der Waals surface area contributed by atoms with Gasteiger partial charge < -0.3 is 15.0 Å². The lowest BCUT2D eigenvalue weighted by atomic mass is 10.2. The average Bonchev–Trinajstić information content (AvgIpc) is 3.11. The van der Waals surface area contributed by atoms with E-state index in [0.29, 0.717) is 23.7 Å². The third-order valence-corrected chi connectivity index (χ3v) is 3.73. The first-order chi connectivity index (χ1) is 11.3. The van der Waals surface area contributed by atoms with Gasteiger partial charge in [0.25, 0.3) is 5.91 Å². The van der Waals surface area contributed by atoms with Gasteiger partial charge in [0.05, 0.1) is 18.5 Å². The molecule has 0 atom stereocenters. The Morgan fingerprint density at radius 3 is 2.78 bits per heavy atom. The molecular weight excluding hydrogens is 292 g/mol. The zero-order valence-corrected chi connectivity index (χ0v) is 13.2. The monoisotopic (exact) mass is 312 g/mol. The van der Waals surface area contributed by atoms with Crippen LogP contribution >= 0.6 is 0 Å². The van der Waals surface area contributed by atoms with Gasteiger partial charge in [-0.15, -0.1) is 0 Å². The van der Waals surface area contributed by atoms with Crippen molar-refractivity contribution in [1.82, 2.24) is 9.97 Å². The van der Waals surface area contributed by atoms with Gasteiger partial charge in [-0.1, -0.05) is 0 Å². The Bertz CT molecular complexity index is 667. The minimum atomic E-state index is -0.253. The SMILES string of the molecule is CCOc1ncccc1C(=O)Nc1ccc(N2CCCC2)nc1. The van der Waals surface area contributed by atoms with E-state index in [1.165, 1.54) is 12.8 Å². The summed E-state index contributed by atoms with van der Waals surface area (Å²) in [5.41, 5.74) is 1.07.